The minimum atomic E-state index is 0.113. The van der Waals surface area contributed by atoms with Crippen LogP contribution >= 0.6 is 46.4 Å². The van der Waals surface area contributed by atoms with Crippen molar-refractivity contribution in [2.75, 3.05) is 47.4 Å². The van der Waals surface area contributed by atoms with Crippen LogP contribution in [0.4, 0.5) is 23.1 Å². The molecule has 1 aliphatic rings. The Labute approximate surface area is 279 Å². The average Bonchev–Trinajstić information content (AvgIpc) is 3.80. The summed E-state index contributed by atoms with van der Waals surface area (Å²) in [7, 11) is 0. The second-order valence-electron chi connectivity index (χ2n) is 9.78. The number of fused-ring (bicyclic) bond motifs is 3. The zero-order valence-corrected chi connectivity index (χ0v) is 26.9. The SMILES string of the molecule is Cc1ccc(Cl)cc1N1CCN(c2nc(Cl)nc3nc[nH]c23)CC1.Nc1nc(Cl)nc2nc[nH]c12.Nc1nc(Cl)nc2nc[nH]c12. The number of benzene rings is 1. The van der Waals surface area contributed by atoms with Crippen LogP contribution in [-0.2, 0) is 0 Å². The highest BCUT2D eigenvalue weighted by molar-refractivity contribution is 6.31. The number of halogens is 4. The van der Waals surface area contributed by atoms with E-state index in [4.69, 9.17) is 57.9 Å². The molecule has 0 unspecified atom stereocenters. The van der Waals surface area contributed by atoms with Crippen molar-refractivity contribution in [1.82, 2.24) is 59.8 Å². The highest BCUT2D eigenvalue weighted by atomic mass is 35.5. The van der Waals surface area contributed by atoms with Gasteiger partial charge in [-0.2, -0.15) is 29.9 Å². The quantitative estimate of drug-likeness (QED) is 0.157. The molecule has 7 N–H and O–H groups in total. The number of hydrogen-bond acceptors (Lipinski definition) is 13. The second-order valence-corrected chi connectivity index (χ2v) is 11.2. The summed E-state index contributed by atoms with van der Waals surface area (Å²) in [5.41, 5.74) is 17.0. The molecule has 20 heteroatoms. The zero-order valence-electron chi connectivity index (χ0n) is 23.9. The van der Waals surface area contributed by atoms with Crippen molar-refractivity contribution in [3.63, 3.8) is 0 Å². The Morgan fingerprint density at radius 3 is 1.61 bits per heavy atom. The molecule has 0 atom stereocenters. The summed E-state index contributed by atoms with van der Waals surface area (Å²) in [5.74, 6) is 1.44. The summed E-state index contributed by atoms with van der Waals surface area (Å²) in [6, 6.07) is 6.01. The normalized spacial score (nSPS) is 13.1. The van der Waals surface area contributed by atoms with Gasteiger partial charge in [0.1, 0.15) is 16.6 Å². The van der Waals surface area contributed by atoms with Gasteiger partial charge in [0, 0.05) is 36.9 Å². The number of imidazole rings is 3. The molecule has 1 aromatic carbocycles. The molecule has 8 rings (SSSR count). The molecular weight excluding hydrogens is 678 g/mol. The number of aromatic amines is 3. The largest absolute Gasteiger partial charge is 0.382 e. The number of nitrogens with zero attached hydrogens (tertiary/aromatic N) is 11. The van der Waals surface area contributed by atoms with Crippen molar-refractivity contribution < 1.29 is 0 Å². The fourth-order valence-electron chi connectivity index (χ4n) is 4.76. The fraction of sp³-hybridized carbons (Fsp3) is 0.192. The molecule has 1 fully saturated rings. The number of hydrogen-bond donors (Lipinski definition) is 5. The van der Waals surface area contributed by atoms with Crippen molar-refractivity contribution in [2.24, 2.45) is 0 Å². The first-order valence-corrected chi connectivity index (χ1v) is 15.0. The van der Waals surface area contributed by atoms with E-state index < -0.39 is 0 Å². The minimum Gasteiger partial charge on any atom is -0.382 e. The summed E-state index contributed by atoms with van der Waals surface area (Å²) < 4.78 is 0. The molecule has 0 radical (unpaired) electrons. The summed E-state index contributed by atoms with van der Waals surface area (Å²) in [5, 5.41) is 1.21. The van der Waals surface area contributed by atoms with Gasteiger partial charge in [0.05, 0.1) is 19.0 Å². The molecule has 1 saturated heterocycles. The highest BCUT2D eigenvalue weighted by Crippen LogP contribution is 2.28. The van der Waals surface area contributed by atoms with Crippen LogP contribution in [0.5, 0.6) is 0 Å². The molecule has 16 nitrogen and oxygen atoms in total. The van der Waals surface area contributed by atoms with Crippen LogP contribution in [0.15, 0.2) is 37.2 Å². The van der Waals surface area contributed by atoms with E-state index >= 15 is 0 Å². The van der Waals surface area contributed by atoms with Gasteiger partial charge in [0.25, 0.3) is 0 Å². The number of H-pyrrole nitrogens is 3. The summed E-state index contributed by atoms with van der Waals surface area (Å²) in [6.45, 7) is 5.56. The van der Waals surface area contributed by atoms with Gasteiger partial charge in [-0.15, -0.1) is 0 Å². The topological polar surface area (TPSA) is 222 Å². The zero-order chi connectivity index (χ0) is 32.4. The maximum Gasteiger partial charge on any atom is 0.226 e. The number of nitrogens with two attached hydrogens (primary N) is 2. The van der Waals surface area contributed by atoms with Gasteiger partial charge in [-0.3, -0.25) is 0 Å². The van der Waals surface area contributed by atoms with Gasteiger partial charge in [-0.1, -0.05) is 17.7 Å². The Morgan fingerprint density at radius 1 is 0.609 bits per heavy atom. The van der Waals surface area contributed by atoms with Crippen molar-refractivity contribution in [2.45, 2.75) is 6.92 Å². The molecule has 0 amide bonds. The van der Waals surface area contributed by atoms with Crippen molar-refractivity contribution >= 4 is 103 Å². The summed E-state index contributed by atoms with van der Waals surface area (Å²) >= 11 is 23.2. The molecule has 7 heterocycles. The standard InChI is InChI=1S/C16H16Cl2N6.2C5H4ClN5/c1-10-2-3-11(17)8-12(10)23-4-6-24(7-5-23)15-13-14(20-9-19-13)21-16(18)22-15;2*6-5-10-3(7)2-4(11-5)9-1-8-2/h2-3,8-9H,4-7H2,1H3,(H,19,20,21,22);2*1H,(H3,7,8,9,10,11). The predicted molar refractivity (Wildman–Crippen MR) is 180 cm³/mol. The first kappa shape index (κ1) is 31.2. The molecule has 0 saturated carbocycles. The van der Waals surface area contributed by atoms with E-state index in [-0.39, 0.29) is 15.9 Å². The van der Waals surface area contributed by atoms with Crippen LogP contribution in [-0.4, -0.2) is 86.0 Å². The van der Waals surface area contributed by atoms with Crippen molar-refractivity contribution in [3.8, 4) is 0 Å². The first-order chi connectivity index (χ1) is 22.2. The molecule has 1 aliphatic heterocycles. The van der Waals surface area contributed by atoms with Crippen molar-refractivity contribution in [1.29, 1.82) is 0 Å². The van der Waals surface area contributed by atoms with Crippen LogP contribution in [0.2, 0.25) is 20.9 Å². The van der Waals surface area contributed by atoms with E-state index in [1.807, 2.05) is 12.1 Å². The second kappa shape index (κ2) is 13.3. The number of piperazine rings is 1. The predicted octanol–water partition coefficient (Wildman–Crippen LogP) is 4.47. The monoisotopic (exact) mass is 700 g/mol. The molecule has 7 aromatic rings. The third-order valence-electron chi connectivity index (χ3n) is 6.90. The van der Waals surface area contributed by atoms with E-state index in [1.54, 1.807) is 6.33 Å². The molecule has 0 aliphatic carbocycles. The third kappa shape index (κ3) is 6.74. The number of aryl methyl sites for hydroxylation is 1. The number of anilines is 4. The molecule has 0 spiro atoms. The lowest BCUT2D eigenvalue weighted by atomic mass is 10.1. The smallest absolute Gasteiger partial charge is 0.226 e. The highest BCUT2D eigenvalue weighted by Gasteiger charge is 2.22. The number of rotatable bonds is 2. The van der Waals surface area contributed by atoms with Gasteiger partial charge in [0.2, 0.25) is 15.9 Å². The Morgan fingerprint density at radius 2 is 1.07 bits per heavy atom. The fourth-order valence-corrected chi connectivity index (χ4v) is 5.43. The Balaban J connectivity index is 0.000000139. The Kier molecular flexibility index (Phi) is 9.03. The molecule has 46 heavy (non-hydrogen) atoms. The van der Waals surface area contributed by atoms with Gasteiger partial charge < -0.3 is 36.2 Å². The van der Waals surface area contributed by atoms with E-state index in [9.17, 15) is 0 Å². The maximum absolute atomic E-state index is 6.15. The number of aromatic nitrogens is 12. The average molecular weight is 702 g/mol. The molecule has 0 bridgehead atoms. The Hall–Kier alpha value is -4.77. The van der Waals surface area contributed by atoms with Gasteiger partial charge in [0.15, 0.2) is 34.4 Å². The lowest BCUT2D eigenvalue weighted by Gasteiger charge is -2.37. The minimum absolute atomic E-state index is 0.113. The van der Waals surface area contributed by atoms with E-state index in [0.717, 1.165) is 42.5 Å². The summed E-state index contributed by atoms with van der Waals surface area (Å²) in [4.78, 5) is 48.8. The Bertz CT molecular complexity index is 2060. The molecule has 236 valence electrons. The van der Waals surface area contributed by atoms with E-state index in [2.05, 4.69) is 82.6 Å². The van der Waals surface area contributed by atoms with Gasteiger partial charge >= 0.3 is 0 Å². The maximum atomic E-state index is 6.15. The number of nitrogen functional groups attached to an aromatic ring is 2. The molecule has 6 aromatic heterocycles. The number of nitrogens with one attached hydrogen (secondary N) is 3. The molecular formula is C26H24Cl4N16. The van der Waals surface area contributed by atoms with E-state index in [0.29, 0.717) is 39.6 Å². The lowest BCUT2D eigenvalue weighted by Crippen LogP contribution is -2.47. The van der Waals surface area contributed by atoms with Crippen LogP contribution in [0.1, 0.15) is 5.56 Å². The van der Waals surface area contributed by atoms with E-state index in [1.165, 1.54) is 23.9 Å². The third-order valence-corrected chi connectivity index (χ3v) is 7.65. The lowest BCUT2D eigenvalue weighted by molar-refractivity contribution is 0.647. The van der Waals surface area contributed by atoms with Crippen molar-refractivity contribution in [3.05, 3.63) is 63.6 Å². The van der Waals surface area contributed by atoms with Crippen LogP contribution < -0.4 is 21.3 Å². The van der Waals surface area contributed by atoms with Crippen LogP contribution in [0, 0.1) is 6.92 Å². The van der Waals surface area contributed by atoms with Crippen LogP contribution in [0.25, 0.3) is 33.5 Å². The first-order valence-electron chi connectivity index (χ1n) is 13.5. The summed E-state index contributed by atoms with van der Waals surface area (Å²) in [6.07, 6.45) is 4.60. The van der Waals surface area contributed by atoms with Gasteiger partial charge in [-0.05, 0) is 59.4 Å². The van der Waals surface area contributed by atoms with Crippen LogP contribution in [0.3, 0.4) is 0 Å². The van der Waals surface area contributed by atoms with Gasteiger partial charge in [-0.25, -0.2) is 15.0 Å².